The highest BCUT2D eigenvalue weighted by atomic mass is 16.2. The predicted molar refractivity (Wildman–Crippen MR) is 138 cm³/mol. The van der Waals surface area contributed by atoms with Crippen molar-refractivity contribution in [1.29, 1.82) is 0 Å². The van der Waals surface area contributed by atoms with Crippen molar-refractivity contribution in [3.63, 3.8) is 0 Å². The van der Waals surface area contributed by atoms with Gasteiger partial charge >= 0.3 is 5.69 Å². The maximum atomic E-state index is 13.5. The molecule has 0 bridgehead atoms. The summed E-state index contributed by atoms with van der Waals surface area (Å²) in [6.45, 7) is 6.00. The number of carbonyl (C=O) groups excluding carboxylic acids is 1. The van der Waals surface area contributed by atoms with Crippen LogP contribution in [0, 0.1) is 6.92 Å². The van der Waals surface area contributed by atoms with Gasteiger partial charge in [0.15, 0.2) is 5.65 Å². The lowest BCUT2D eigenvalue weighted by molar-refractivity contribution is 0.102. The molecule has 4 aromatic heterocycles. The molecule has 36 heavy (non-hydrogen) atoms. The number of aryl methyl sites for hydroxylation is 2. The molecular formula is C26H25N7O3. The quantitative estimate of drug-likeness (QED) is 0.420. The lowest BCUT2D eigenvalue weighted by Gasteiger charge is -2.13. The second-order valence-electron chi connectivity index (χ2n) is 9.05. The molecule has 0 aliphatic heterocycles. The van der Waals surface area contributed by atoms with Crippen molar-refractivity contribution in [2.24, 2.45) is 14.1 Å². The first-order valence-electron chi connectivity index (χ1n) is 11.5. The van der Waals surface area contributed by atoms with Gasteiger partial charge in [0.1, 0.15) is 5.65 Å². The maximum Gasteiger partial charge on any atom is 0.332 e. The Labute approximate surface area is 205 Å². The van der Waals surface area contributed by atoms with Crippen LogP contribution in [0.25, 0.3) is 33.3 Å². The van der Waals surface area contributed by atoms with Crippen molar-refractivity contribution in [1.82, 2.24) is 28.9 Å². The first-order valence-corrected chi connectivity index (χ1v) is 11.5. The average Bonchev–Trinajstić information content (AvgIpc) is 3.30. The minimum absolute atomic E-state index is 0.0468. The van der Waals surface area contributed by atoms with Gasteiger partial charge in [0.05, 0.1) is 40.1 Å². The summed E-state index contributed by atoms with van der Waals surface area (Å²) in [5.74, 6) is -0.386. The minimum atomic E-state index is -0.483. The highest BCUT2D eigenvalue weighted by Crippen LogP contribution is 2.28. The van der Waals surface area contributed by atoms with E-state index in [2.05, 4.69) is 15.4 Å². The third kappa shape index (κ3) is 3.67. The lowest BCUT2D eigenvalue weighted by atomic mass is 10.0. The van der Waals surface area contributed by atoms with E-state index < -0.39 is 11.2 Å². The monoisotopic (exact) mass is 483 g/mol. The summed E-state index contributed by atoms with van der Waals surface area (Å²) in [7, 11) is 2.95. The Bertz CT molecular complexity index is 1790. The molecule has 1 amide bonds. The topological polar surface area (TPSA) is 117 Å². The van der Waals surface area contributed by atoms with Crippen LogP contribution in [-0.2, 0) is 14.1 Å². The van der Waals surface area contributed by atoms with Crippen LogP contribution >= 0.6 is 0 Å². The van der Waals surface area contributed by atoms with E-state index in [0.29, 0.717) is 28.0 Å². The molecule has 0 saturated heterocycles. The number of pyridine rings is 2. The van der Waals surface area contributed by atoms with E-state index in [1.807, 2.05) is 45.0 Å². The van der Waals surface area contributed by atoms with Crippen LogP contribution in [0.4, 0.5) is 5.69 Å². The zero-order valence-corrected chi connectivity index (χ0v) is 20.6. The number of nitrogens with one attached hydrogen (secondary N) is 1. The SMILES string of the molecule is Cc1ccccc1-c1cc(C(=O)Nc2cnc3c(c2)c(=O)n(C)c(=O)n3C)c2cnn(C(C)C)c2n1. The van der Waals surface area contributed by atoms with Crippen LogP contribution in [0.1, 0.15) is 35.8 Å². The summed E-state index contributed by atoms with van der Waals surface area (Å²) < 4.78 is 4.09. The molecule has 1 N–H and O–H groups in total. The Kier molecular flexibility index (Phi) is 5.51. The van der Waals surface area contributed by atoms with Crippen LogP contribution in [0.2, 0.25) is 0 Å². The fraction of sp³-hybridized carbons (Fsp3) is 0.231. The number of benzene rings is 1. The smallest absolute Gasteiger partial charge is 0.321 e. The van der Waals surface area contributed by atoms with Gasteiger partial charge in [-0.25, -0.2) is 19.4 Å². The van der Waals surface area contributed by atoms with Crippen molar-refractivity contribution in [3.8, 4) is 11.3 Å². The number of fused-ring (bicyclic) bond motifs is 2. The van der Waals surface area contributed by atoms with E-state index in [-0.39, 0.29) is 23.0 Å². The van der Waals surface area contributed by atoms with Gasteiger partial charge in [0, 0.05) is 25.7 Å². The molecule has 0 radical (unpaired) electrons. The van der Waals surface area contributed by atoms with Gasteiger partial charge in [-0.3, -0.25) is 18.7 Å². The Balaban J connectivity index is 1.64. The Hall–Kier alpha value is -4.60. The van der Waals surface area contributed by atoms with E-state index >= 15 is 0 Å². The van der Waals surface area contributed by atoms with Crippen LogP contribution in [-0.4, -0.2) is 34.8 Å². The molecule has 0 aliphatic rings. The molecule has 10 nitrogen and oxygen atoms in total. The molecule has 10 heteroatoms. The fourth-order valence-corrected chi connectivity index (χ4v) is 4.31. The summed E-state index contributed by atoms with van der Waals surface area (Å²) in [5.41, 5.74) is 3.25. The molecule has 5 aromatic rings. The number of aromatic nitrogens is 6. The second-order valence-corrected chi connectivity index (χ2v) is 9.05. The van der Waals surface area contributed by atoms with E-state index in [9.17, 15) is 14.4 Å². The maximum absolute atomic E-state index is 13.5. The number of hydrogen-bond donors (Lipinski definition) is 1. The fourth-order valence-electron chi connectivity index (χ4n) is 4.31. The molecule has 0 aliphatic carbocycles. The molecular weight excluding hydrogens is 458 g/mol. The first-order chi connectivity index (χ1) is 17.2. The molecule has 0 spiro atoms. The summed E-state index contributed by atoms with van der Waals surface area (Å²) in [5, 5.41) is 8.16. The Morgan fingerprint density at radius 1 is 0.972 bits per heavy atom. The van der Waals surface area contributed by atoms with Crippen LogP contribution in [0.3, 0.4) is 0 Å². The first kappa shape index (κ1) is 23.2. The zero-order valence-electron chi connectivity index (χ0n) is 20.6. The number of carbonyl (C=O) groups is 1. The normalized spacial score (nSPS) is 11.5. The standard InChI is InChI=1S/C26H25N7O3/c1-14(2)33-23-20(13-28-33)18(11-21(30-23)17-9-7-6-8-15(17)3)24(34)29-16-10-19-22(27-12-16)31(4)26(36)32(5)25(19)35/h6-14H,1-5H3,(H,29,34). The molecule has 0 atom stereocenters. The molecule has 0 fully saturated rings. The van der Waals surface area contributed by atoms with Crippen molar-refractivity contribution >= 4 is 33.7 Å². The molecule has 5 rings (SSSR count). The minimum Gasteiger partial charge on any atom is -0.321 e. The third-order valence-electron chi connectivity index (χ3n) is 6.27. The summed E-state index contributed by atoms with van der Waals surface area (Å²) in [6, 6.07) is 11.2. The molecule has 4 heterocycles. The van der Waals surface area contributed by atoms with Gasteiger partial charge in [-0.1, -0.05) is 24.3 Å². The number of nitrogens with zero attached hydrogens (tertiary/aromatic N) is 6. The molecule has 1 aromatic carbocycles. The van der Waals surface area contributed by atoms with E-state index in [1.165, 1.54) is 23.9 Å². The zero-order chi connectivity index (χ0) is 25.7. The van der Waals surface area contributed by atoms with E-state index in [1.54, 1.807) is 24.0 Å². The number of hydrogen-bond acceptors (Lipinski definition) is 6. The van der Waals surface area contributed by atoms with Gasteiger partial charge in [-0.2, -0.15) is 5.10 Å². The number of rotatable bonds is 4. The molecule has 182 valence electrons. The van der Waals surface area contributed by atoms with Crippen molar-refractivity contribution < 1.29 is 4.79 Å². The lowest BCUT2D eigenvalue weighted by Crippen LogP contribution is -2.37. The van der Waals surface area contributed by atoms with Gasteiger partial charge < -0.3 is 5.32 Å². The van der Waals surface area contributed by atoms with Crippen molar-refractivity contribution in [2.75, 3.05) is 5.32 Å². The third-order valence-corrected chi connectivity index (χ3v) is 6.27. The van der Waals surface area contributed by atoms with E-state index in [4.69, 9.17) is 4.98 Å². The molecule has 0 saturated carbocycles. The van der Waals surface area contributed by atoms with Gasteiger partial charge in [0.2, 0.25) is 0 Å². The van der Waals surface area contributed by atoms with Crippen LogP contribution < -0.4 is 16.6 Å². The van der Waals surface area contributed by atoms with E-state index in [0.717, 1.165) is 15.7 Å². The average molecular weight is 484 g/mol. The number of amides is 1. The largest absolute Gasteiger partial charge is 0.332 e. The van der Waals surface area contributed by atoms with Gasteiger partial charge in [-0.05, 0) is 38.5 Å². The summed E-state index contributed by atoms with van der Waals surface area (Å²) >= 11 is 0. The Morgan fingerprint density at radius 2 is 1.72 bits per heavy atom. The highest BCUT2D eigenvalue weighted by molar-refractivity contribution is 6.13. The summed E-state index contributed by atoms with van der Waals surface area (Å²) in [6.07, 6.45) is 3.07. The predicted octanol–water partition coefficient (Wildman–Crippen LogP) is 3.19. The van der Waals surface area contributed by atoms with Crippen molar-refractivity contribution in [3.05, 3.63) is 80.8 Å². The second kappa shape index (κ2) is 8.56. The van der Waals surface area contributed by atoms with Crippen LogP contribution in [0.5, 0.6) is 0 Å². The van der Waals surface area contributed by atoms with Gasteiger partial charge in [-0.15, -0.1) is 0 Å². The van der Waals surface area contributed by atoms with Crippen LogP contribution in [0.15, 0.2) is 58.4 Å². The van der Waals surface area contributed by atoms with Gasteiger partial charge in [0.25, 0.3) is 11.5 Å². The molecule has 0 unspecified atom stereocenters. The summed E-state index contributed by atoms with van der Waals surface area (Å²) in [4.78, 5) is 47.5. The van der Waals surface area contributed by atoms with Crippen molar-refractivity contribution in [2.45, 2.75) is 26.8 Å². The highest BCUT2D eigenvalue weighted by Gasteiger charge is 2.20. The Morgan fingerprint density at radius 3 is 2.44 bits per heavy atom. The number of anilines is 1.